The van der Waals surface area contributed by atoms with Crippen molar-refractivity contribution in [2.45, 2.75) is 20.8 Å². The van der Waals surface area contributed by atoms with Gasteiger partial charge in [-0.1, -0.05) is 36.4 Å². The van der Waals surface area contributed by atoms with E-state index in [-0.39, 0.29) is 22.4 Å². The Labute approximate surface area is 167 Å². The van der Waals surface area contributed by atoms with E-state index >= 15 is 0 Å². The van der Waals surface area contributed by atoms with E-state index in [1.54, 1.807) is 18.7 Å². The molecule has 0 aliphatic carbocycles. The van der Waals surface area contributed by atoms with Gasteiger partial charge in [-0.2, -0.15) is 0 Å². The number of benzene rings is 2. The van der Waals surface area contributed by atoms with Gasteiger partial charge in [0.15, 0.2) is 0 Å². The summed E-state index contributed by atoms with van der Waals surface area (Å²) in [5.74, 6) is 0. The molecule has 0 aliphatic rings. The van der Waals surface area contributed by atoms with Crippen molar-refractivity contribution in [3.8, 4) is 16.8 Å². The van der Waals surface area contributed by atoms with Crippen LogP contribution < -0.4 is 21.7 Å². The summed E-state index contributed by atoms with van der Waals surface area (Å²) in [5.41, 5.74) is 3.03. The average molecular weight is 387 g/mol. The van der Waals surface area contributed by atoms with Crippen molar-refractivity contribution in [2.24, 2.45) is 7.05 Å². The summed E-state index contributed by atoms with van der Waals surface area (Å²) >= 11 is 0. The van der Waals surface area contributed by atoms with Crippen molar-refractivity contribution in [3.05, 3.63) is 96.2 Å². The van der Waals surface area contributed by atoms with Gasteiger partial charge in [0.05, 0.1) is 16.8 Å². The van der Waals surface area contributed by atoms with Crippen LogP contribution in [0, 0.1) is 20.8 Å². The predicted molar refractivity (Wildman–Crippen MR) is 115 cm³/mol. The van der Waals surface area contributed by atoms with E-state index in [4.69, 9.17) is 0 Å². The van der Waals surface area contributed by atoms with Gasteiger partial charge < -0.3 is 5.32 Å². The third-order valence-corrected chi connectivity index (χ3v) is 5.45. The van der Waals surface area contributed by atoms with Crippen LogP contribution >= 0.6 is 0 Å². The maximum atomic E-state index is 13.2. The average Bonchev–Trinajstić information content (AvgIpc) is 2.93. The molecule has 0 amide bonds. The predicted octanol–water partition coefficient (Wildman–Crippen LogP) is 3.11. The van der Waals surface area contributed by atoms with Gasteiger partial charge in [0, 0.05) is 18.4 Å². The number of aromatic nitrogens is 2. The number of nitrogens with one attached hydrogen (secondary N) is 1. The minimum Gasteiger partial charge on any atom is -0.351 e. The minimum absolute atomic E-state index is 0.158. The smallest absolute Gasteiger partial charge is 0.279 e. The number of hydrogen-bond acceptors (Lipinski definition) is 4. The highest BCUT2D eigenvalue weighted by atomic mass is 16.2. The fourth-order valence-electron chi connectivity index (χ4n) is 3.74. The third-order valence-electron chi connectivity index (χ3n) is 5.45. The first-order chi connectivity index (χ1) is 13.8. The molecule has 1 aromatic heterocycles. The molecule has 0 saturated carbocycles. The summed E-state index contributed by atoms with van der Waals surface area (Å²) in [7, 11) is 1.76. The Hall–Kier alpha value is -3.67. The summed E-state index contributed by atoms with van der Waals surface area (Å²) in [5, 5.41) is 3.12. The van der Waals surface area contributed by atoms with E-state index in [9.17, 15) is 14.4 Å². The van der Waals surface area contributed by atoms with Crippen LogP contribution in [-0.2, 0) is 7.05 Å². The molecule has 6 heteroatoms. The molecule has 0 unspecified atom stereocenters. The second-order valence-corrected chi connectivity index (χ2v) is 7.24. The van der Waals surface area contributed by atoms with Gasteiger partial charge in [-0.25, -0.2) is 4.68 Å². The third kappa shape index (κ3) is 2.76. The lowest BCUT2D eigenvalue weighted by Crippen LogP contribution is -2.37. The topological polar surface area (TPSA) is 73.1 Å². The van der Waals surface area contributed by atoms with Gasteiger partial charge in [-0.3, -0.25) is 19.1 Å². The molecule has 0 fully saturated rings. The molecule has 146 valence electrons. The second-order valence-electron chi connectivity index (χ2n) is 7.24. The van der Waals surface area contributed by atoms with Crippen LogP contribution in [-0.4, -0.2) is 9.36 Å². The standard InChI is InChI=1S/C23H21N3O3/c1-13-9-8-10-14(2)19(13)24-20-18(21(27)22(20)28)17-15(3)25(4)26(23(17)29)16-11-6-5-7-12-16/h5-12,24H,1-4H3. The van der Waals surface area contributed by atoms with Crippen LogP contribution in [0.15, 0.2) is 62.9 Å². The van der Waals surface area contributed by atoms with Gasteiger partial charge in [0.2, 0.25) is 5.43 Å². The molecule has 1 N–H and O–H groups in total. The fourth-order valence-corrected chi connectivity index (χ4v) is 3.74. The van der Waals surface area contributed by atoms with Crippen molar-refractivity contribution in [1.29, 1.82) is 0 Å². The van der Waals surface area contributed by atoms with E-state index in [0.717, 1.165) is 16.8 Å². The van der Waals surface area contributed by atoms with Crippen molar-refractivity contribution in [1.82, 2.24) is 9.36 Å². The maximum absolute atomic E-state index is 13.2. The Morgan fingerprint density at radius 1 is 0.724 bits per heavy atom. The molecule has 4 aromatic rings. The first-order valence-corrected chi connectivity index (χ1v) is 9.34. The quantitative estimate of drug-likeness (QED) is 0.546. The van der Waals surface area contributed by atoms with E-state index < -0.39 is 10.9 Å². The molecule has 0 bridgehead atoms. The lowest BCUT2D eigenvalue weighted by Gasteiger charge is -2.16. The number of hydrogen-bond donors (Lipinski definition) is 1. The molecule has 0 radical (unpaired) electrons. The largest absolute Gasteiger partial charge is 0.351 e. The number of para-hydroxylation sites is 2. The van der Waals surface area contributed by atoms with Crippen LogP contribution in [0.4, 0.5) is 11.4 Å². The molecule has 0 aliphatic heterocycles. The molecule has 1 heterocycles. The van der Waals surface area contributed by atoms with Gasteiger partial charge in [-0.15, -0.1) is 0 Å². The lowest BCUT2D eigenvalue weighted by atomic mass is 9.98. The molecular weight excluding hydrogens is 366 g/mol. The fraction of sp³-hybridized carbons (Fsp3) is 0.174. The summed E-state index contributed by atoms with van der Waals surface area (Å²) in [6, 6.07) is 15.0. The van der Waals surface area contributed by atoms with E-state index in [1.165, 1.54) is 4.68 Å². The van der Waals surface area contributed by atoms with E-state index in [0.29, 0.717) is 11.4 Å². The first kappa shape index (κ1) is 18.7. The van der Waals surface area contributed by atoms with E-state index in [2.05, 4.69) is 5.32 Å². The van der Waals surface area contributed by atoms with Crippen LogP contribution in [0.1, 0.15) is 16.8 Å². The Balaban J connectivity index is 1.91. The number of aryl methyl sites for hydroxylation is 2. The van der Waals surface area contributed by atoms with Gasteiger partial charge in [0.1, 0.15) is 5.69 Å². The molecule has 3 aromatic carbocycles. The Morgan fingerprint density at radius 3 is 1.97 bits per heavy atom. The van der Waals surface area contributed by atoms with Gasteiger partial charge in [-0.05, 0) is 44.0 Å². The van der Waals surface area contributed by atoms with Crippen LogP contribution in [0.5, 0.6) is 0 Å². The first-order valence-electron chi connectivity index (χ1n) is 9.34. The molecule has 4 rings (SSSR count). The normalized spacial score (nSPS) is 11.2. The SMILES string of the molecule is Cc1cccc(C)c1Nc1c(-c2c(C)n(C)n(-c3ccccc3)c2=O)c(=O)c1=O. The number of anilines is 2. The molecule has 29 heavy (non-hydrogen) atoms. The van der Waals surface area contributed by atoms with Crippen molar-refractivity contribution in [3.63, 3.8) is 0 Å². The molecule has 6 nitrogen and oxygen atoms in total. The lowest BCUT2D eigenvalue weighted by molar-refractivity contribution is 0.630. The minimum atomic E-state index is -0.634. The highest BCUT2D eigenvalue weighted by molar-refractivity contribution is 5.86. The molecule has 0 spiro atoms. The zero-order valence-electron chi connectivity index (χ0n) is 16.7. The zero-order valence-corrected chi connectivity index (χ0v) is 16.7. The van der Waals surface area contributed by atoms with E-state index in [1.807, 2.05) is 62.4 Å². The van der Waals surface area contributed by atoms with Gasteiger partial charge >= 0.3 is 0 Å². The van der Waals surface area contributed by atoms with Gasteiger partial charge in [0.25, 0.3) is 11.0 Å². The van der Waals surface area contributed by atoms with Crippen LogP contribution in [0.25, 0.3) is 16.8 Å². The summed E-state index contributed by atoms with van der Waals surface area (Å²) in [6.45, 7) is 5.63. The number of rotatable bonds is 4. The Kier molecular flexibility index (Phi) is 4.34. The molecule has 0 saturated heterocycles. The Morgan fingerprint density at radius 2 is 1.34 bits per heavy atom. The highest BCUT2D eigenvalue weighted by Crippen LogP contribution is 2.30. The summed E-state index contributed by atoms with van der Waals surface area (Å²) in [6.07, 6.45) is 0. The van der Waals surface area contributed by atoms with Crippen LogP contribution in [0.2, 0.25) is 0 Å². The second kappa shape index (κ2) is 6.74. The highest BCUT2D eigenvalue weighted by Gasteiger charge is 2.29. The van der Waals surface area contributed by atoms with Crippen molar-refractivity contribution < 1.29 is 0 Å². The number of nitrogens with zero attached hydrogens (tertiary/aromatic N) is 2. The summed E-state index contributed by atoms with van der Waals surface area (Å²) < 4.78 is 3.21. The van der Waals surface area contributed by atoms with Crippen LogP contribution in [0.3, 0.4) is 0 Å². The summed E-state index contributed by atoms with van der Waals surface area (Å²) in [4.78, 5) is 38.1. The maximum Gasteiger partial charge on any atom is 0.279 e. The Bertz CT molecular complexity index is 1350. The molecule has 0 atom stereocenters. The monoisotopic (exact) mass is 387 g/mol. The van der Waals surface area contributed by atoms with Crippen molar-refractivity contribution >= 4 is 11.4 Å². The van der Waals surface area contributed by atoms with Crippen molar-refractivity contribution in [2.75, 3.05) is 5.32 Å². The molecular formula is C23H21N3O3. The zero-order chi connectivity index (χ0) is 20.9.